The van der Waals surface area contributed by atoms with Gasteiger partial charge in [0.1, 0.15) is 0 Å². The van der Waals surface area contributed by atoms with E-state index in [-0.39, 0.29) is 11.3 Å². The van der Waals surface area contributed by atoms with Crippen LogP contribution in [-0.2, 0) is 5.41 Å². The third-order valence-corrected chi connectivity index (χ3v) is 6.98. The Balaban J connectivity index is 2.52. The van der Waals surface area contributed by atoms with Crippen LogP contribution in [0.4, 0.5) is 0 Å². The molecule has 0 spiro atoms. The van der Waals surface area contributed by atoms with Crippen LogP contribution in [0.5, 0.6) is 0 Å². The Labute approximate surface area is 184 Å². The predicted octanol–water partition coefficient (Wildman–Crippen LogP) is 7.15. The summed E-state index contributed by atoms with van der Waals surface area (Å²) in [5, 5.41) is 0. The van der Waals surface area contributed by atoms with Crippen molar-refractivity contribution in [2.75, 3.05) is 0 Å². The molecule has 0 radical (unpaired) electrons. The van der Waals surface area contributed by atoms with E-state index in [1.54, 1.807) is 0 Å². The molecule has 2 rings (SSSR count). The lowest BCUT2D eigenvalue weighted by molar-refractivity contribution is 0.581. The minimum absolute atomic E-state index is 0.0644. The molecule has 1 fully saturated rings. The Morgan fingerprint density at radius 3 is 2.17 bits per heavy atom. The Morgan fingerprint density at radius 2 is 1.67 bits per heavy atom. The topological polar surface area (TPSA) is 0 Å². The van der Waals surface area contributed by atoms with Gasteiger partial charge in [0.15, 0.2) is 0 Å². The van der Waals surface area contributed by atoms with Gasteiger partial charge < -0.3 is 0 Å². The van der Waals surface area contributed by atoms with E-state index in [9.17, 15) is 0 Å². The Kier molecular flexibility index (Phi) is 7.25. The number of hydrogen-bond acceptors (Lipinski definition) is 0. The lowest BCUT2D eigenvalue weighted by atomic mass is 9.70. The van der Waals surface area contributed by atoms with Crippen LogP contribution >= 0.6 is 0 Å². The van der Waals surface area contributed by atoms with E-state index in [1.807, 2.05) is 0 Å². The summed E-state index contributed by atoms with van der Waals surface area (Å²) < 4.78 is 0. The number of terminal acetylenes is 3. The first-order valence-corrected chi connectivity index (χ1v) is 10.7. The zero-order chi connectivity index (χ0) is 22.6. The van der Waals surface area contributed by atoms with E-state index < -0.39 is 0 Å². The van der Waals surface area contributed by atoms with E-state index in [2.05, 4.69) is 65.2 Å². The van der Waals surface area contributed by atoms with Crippen LogP contribution in [0.25, 0.3) is 5.57 Å². The molecule has 0 heterocycles. The number of allylic oxidation sites excluding steroid dienone is 3. The zero-order valence-electron chi connectivity index (χ0n) is 19.2. The van der Waals surface area contributed by atoms with Gasteiger partial charge in [0.2, 0.25) is 0 Å². The summed E-state index contributed by atoms with van der Waals surface area (Å²) in [6.07, 6.45) is 22.5. The van der Waals surface area contributed by atoms with E-state index in [0.29, 0.717) is 6.42 Å². The van der Waals surface area contributed by atoms with Gasteiger partial charge in [-0.15, -0.1) is 25.2 Å². The molecule has 1 aromatic carbocycles. The van der Waals surface area contributed by atoms with Crippen LogP contribution in [0.3, 0.4) is 0 Å². The highest BCUT2D eigenvalue weighted by molar-refractivity contribution is 5.75. The second kappa shape index (κ2) is 9.29. The molecule has 1 aliphatic rings. The normalized spacial score (nSPS) is 18.9. The van der Waals surface area contributed by atoms with Crippen molar-refractivity contribution < 1.29 is 0 Å². The molecule has 0 aromatic heterocycles. The maximum atomic E-state index is 6.18. The second-order valence-electron chi connectivity index (χ2n) is 8.86. The van der Waals surface area contributed by atoms with Crippen LogP contribution < -0.4 is 0 Å². The average molecular weight is 395 g/mol. The van der Waals surface area contributed by atoms with E-state index in [0.717, 1.165) is 43.3 Å². The van der Waals surface area contributed by atoms with E-state index in [4.69, 9.17) is 19.3 Å². The molecule has 2 atom stereocenters. The SMILES string of the molecule is C#CC(=C)CC(C#C)CCC(=C)c1c(C)c(C)c(C)c(C)c1C1(C#C)CCC(=C)C1. The molecule has 154 valence electrons. The standard InChI is InChI=1S/C30H34/c1-11-20(4)18-27(12-2)15-14-22(6)28-25(9)23(7)24(8)26(10)29(28)30(13-3)17-16-21(5)19-30/h1-3,27H,4-6,14-19H2,7-10H3. The Bertz CT molecular complexity index is 1020. The van der Waals surface area contributed by atoms with Gasteiger partial charge in [-0.2, -0.15) is 0 Å². The summed E-state index contributed by atoms with van der Waals surface area (Å²) in [5.74, 6) is 8.71. The van der Waals surface area contributed by atoms with Crippen LogP contribution in [0.15, 0.2) is 30.9 Å². The molecule has 0 heteroatoms. The molecule has 0 aliphatic heterocycles. The van der Waals surface area contributed by atoms with Crippen LogP contribution in [-0.4, -0.2) is 0 Å². The summed E-state index contributed by atoms with van der Waals surface area (Å²) in [4.78, 5) is 0. The van der Waals surface area contributed by atoms with Gasteiger partial charge in [0.05, 0.1) is 5.41 Å². The van der Waals surface area contributed by atoms with Gasteiger partial charge >= 0.3 is 0 Å². The van der Waals surface area contributed by atoms with Crippen molar-refractivity contribution in [1.29, 1.82) is 0 Å². The molecule has 1 saturated carbocycles. The molecule has 0 amide bonds. The van der Waals surface area contributed by atoms with E-state index >= 15 is 0 Å². The lowest BCUT2D eigenvalue weighted by Gasteiger charge is -2.32. The highest BCUT2D eigenvalue weighted by Crippen LogP contribution is 2.49. The van der Waals surface area contributed by atoms with Crippen molar-refractivity contribution in [3.63, 3.8) is 0 Å². The average Bonchev–Trinajstić information content (AvgIpc) is 3.13. The highest BCUT2D eigenvalue weighted by atomic mass is 14.4. The van der Waals surface area contributed by atoms with Gasteiger partial charge in [-0.3, -0.25) is 0 Å². The molecule has 30 heavy (non-hydrogen) atoms. The van der Waals surface area contributed by atoms with E-state index in [1.165, 1.54) is 39.0 Å². The quantitative estimate of drug-likeness (QED) is 0.340. The molecule has 1 aromatic rings. The molecule has 0 saturated heterocycles. The minimum Gasteiger partial charge on any atom is -0.120 e. The molecular formula is C30H34. The van der Waals surface area contributed by atoms with Crippen LogP contribution in [0.1, 0.15) is 71.9 Å². The van der Waals surface area contributed by atoms with Gasteiger partial charge in [0.25, 0.3) is 0 Å². The first kappa shape index (κ1) is 23.4. The van der Waals surface area contributed by atoms with Crippen molar-refractivity contribution in [2.45, 2.75) is 71.6 Å². The van der Waals surface area contributed by atoms with Crippen LogP contribution in [0, 0.1) is 70.6 Å². The maximum Gasteiger partial charge on any atom is 0.0608 e. The molecule has 0 nitrogen and oxygen atoms in total. The first-order valence-electron chi connectivity index (χ1n) is 10.7. The molecule has 1 aliphatic carbocycles. The first-order chi connectivity index (χ1) is 14.1. The monoisotopic (exact) mass is 394 g/mol. The summed E-state index contributed by atoms with van der Waals surface area (Å²) in [5.41, 5.74) is 10.5. The molecule has 0 N–H and O–H groups in total. The second-order valence-corrected chi connectivity index (χ2v) is 8.86. The van der Waals surface area contributed by atoms with Crippen molar-refractivity contribution in [3.05, 3.63) is 64.3 Å². The number of benzene rings is 1. The molecule has 2 unspecified atom stereocenters. The predicted molar refractivity (Wildman–Crippen MR) is 132 cm³/mol. The van der Waals surface area contributed by atoms with Crippen molar-refractivity contribution in [1.82, 2.24) is 0 Å². The summed E-state index contributed by atoms with van der Waals surface area (Å²) in [6.45, 7) is 21.4. The van der Waals surface area contributed by atoms with Crippen molar-refractivity contribution >= 4 is 5.57 Å². The van der Waals surface area contributed by atoms with Gasteiger partial charge in [0, 0.05) is 5.92 Å². The maximum absolute atomic E-state index is 6.18. The van der Waals surface area contributed by atoms with Gasteiger partial charge in [-0.25, -0.2) is 0 Å². The smallest absolute Gasteiger partial charge is 0.0608 e. The zero-order valence-corrected chi connectivity index (χ0v) is 19.2. The minimum atomic E-state index is -0.300. The highest BCUT2D eigenvalue weighted by Gasteiger charge is 2.40. The summed E-state index contributed by atoms with van der Waals surface area (Å²) >= 11 is 0. The fraction of sp³-hybridized carbons (Fsp3) is 0.400. The van der Waals surface area contributed by atoms with Crippen molar-refractivity contribution in [3.8, 4) is 37.0 Å². The summed E-state index contributed by atoms with van der Waals surface area (Å²) in [7, 11) is 0. The van der Waals surface area contributed by atoms with Crippen LogP contribution in [0.2, 0.25) is 0 Å². The number of rotatable bonds is 7. The largest absolute Gasteiger partial charge is 0.120 e. The third kappa shape index (κ3) is 4.33. The molecular weight excluding hydrogens is 360 g/mol. The Morgan fingerprint density at radius 1 is 1.03 bits per heavy atom. The Hall–Kier alpha value is -2.88. The van der Waals surface area contributed by atoms with Crippen molar-refractivity contribution in [2.24, 2.45) is 5.92 Å². The summed E-state index contributed by atoms with van der Waals surface area (Å²) in [6, 6.07) is 0. The van der Waals surface area contributed by atoms with Gasteiger partial charge in [-0.05, 0) is 111 Å². The molecule has 0 bridgehead atoms. The fourth-order valence-corrected chi connectivity index (χ4v) is 4.83. The number of hydrogen-bond donors (Lipinski definition) is 0. The fourth-order valence-electron chi connectivity index (χ4n) is 4.83. The third-order valence-electron chi connectivity index (χ3n) is 6.98. The van der Waals surface area contributed by atoms with Gasteiger partial charge in [-0.1, -0.05) is 37.2 Å². The lowest BCUT2D eigenvalue weighted by Crippen LogP contribution is -2.25.